The minimum absolute atomic E-state index is 0.105. The van der Waals surface area contributed by atoms with Crippen LogP contribution in [0.25, 0.3) is 0 Å². The summed E-state index contributed by atoms with van der Waals surface area (Å²) in [4.78, 5) is 12.1. The standard InChI is InChI=1S/C17H15F3N2O3/c1-10-7-11(2)9-12(8-10)21-15(23)22-17(16(18,19)20)24-13-5-3-4-6-14(13)25-17/h3-9H,1-2H3,(H2,21,22,23). The van der Waals surface area contributed by atoms with Crippen LogP contribution in [0.2, 0.25) is 0 Å². The zero-order valence-electron chi connectivity index (χ0n) is 13.4. The molecule has 0 saturated heterocycles. The van der Waals surface area contributed by atoms with Crippen molar-refractivity contribution in [3.63, 3.8) is 0 Å². The van der Waals surface area contributed by atoms with Crippen molar-refractivity contribution < 1.29 is 27.4 Å². The fraction of sp³-hybridized carbons (Fsp3) is 0.235. The number of halogens is 3. The predicted molar refractivity (Wildman–Crippen MR) is 84.6 cm³/mol. The lowest BCUT2D eigenvalue weighted by molar-refractivity contribution is -0.317. The van der Waals surface area contributed by atoms with Gasteiger partial charge in [0.15, 0.2) is 11.5 Å². The minimum atomic E-state index is -4.99. The number of ether oxygens (including phenoxy) is 2. The van der Waals surface area contributed by atoms with Crippen LogP contribution in [-0.2, 0) is 0 Å². The van der Waals surface area contributed by atoms with Crippen molar-refractivity contribution in [2.75, 3.05) is 5.32 Å². The van der Waals surface area contributed by atoms with Gasteiger partial charge in [-0.25, -0.2) is 4.79 Å². The molecule has 0 radical (unpaired) electrons. The number of anilines is 1. The summed E-state index contributed by atoms with van der Waals surface area (Å²) < 4.78 is 50.3. The van der Waals surface area contributed by atoms with E-state index in [1.165, 1.54) is 24.3 Å². The van der Waals surface area contributed by atoms with Gasteiger partial charge in [0.25, 0.3) is 0 Å². The van der Waals surface area contributed by atoms with Crippen LogP contribution in [0.4, 0.5) is 23.7 Å². The highest BCUT2D eigenvalue weighted by molar-refractivity contribution is 5.90. The normalized spacial score (nSPS) is 14.9. The molecule has 8 heteroatoms. The summed E-state index contributed by atoms with van der Waals surface area (Å²) in [6, 6.07) is 9.71. The van der Waals surface area contributed by atoms with E-state index in [0.717, 1.165) is 11.1 Å². The van der Waals surface area contributed by atoms with Gasteiger partial charge < -0.3 is 14.8 Å². The highest BCUT2D eigenvalue weighted by Crippen LogP contribution is 2.44. The van der Waals surface area contributed by atoms with Crippen molar-refractivity contribution >= 4 is 11.7 Å². The first-order valence-corrected chi connectivity index (χ1v) is 7.40. The number of rotatable bonds is 2. The number of carbonyl (C=O) groups excluding carboxylic acids is 1. The van der Waals surface area contributed by atoms with E-state index in [0.29, 0.717) is 5.69 Å². The van der Waals surface area contributed by atoms with Crippen molar-refractivity contribution in [2.45, 2.75) is 25.9 Å². The number of alkyl halides is 3. The Morgan fingerprint density at radius 3 is 2.00 bits per heavy atom. The Bertz CT molecular complexity index is 776. The van der Waals surface area contributed by atoms with E-state index in [-0.39, 0.29) is 11.5 Å². The van der Waals surface area contributed by atoms with E-state index in [4.69, 9.17) is 9.47 Å². The summed E-state index contributed by atoms with van der Waals surface area (Å²) >= 11 is 0. The largest absolute Gasteiger partial charge is 0.492 e. The quantitative estimate of drug-likeness (QED) is 0.855. The number of benzene rings is 2. The second-order valence-corrected chi connectivity index (χ2v) is 5.72. The third-order valence-electron chi connectivity index (χ3n) is 3.49. The maximum absolute atomic E-state index is 13.5. The Labute approximate surface area is 141 Å². The average Bonchev–Trinajstić information content (AvgIpc) is 2.84. The number of urea groups is 1. The van der Waals surface area contributed by atoms with E-state index in [1.54, 1.807) is 17.4 Å². The number of hydrogen-bond acceptors (Lipinski definition) is 3. The van der Waals surface area contributed by atoms with Crippen LogP contribution >= 0.6 is 0 Å². The van der Waals surface area contributed by atoms with Gasteiger partial charge in [-0.05, 0) is 49.2 Å². The van der Waals surface area contributed by atoms with Crippen molar-refractivity contribution in [3.8, 4) is 11.5 Å². The number of nitrogens with one attached hydrogen (secondary N) is 2. The van der Waals surface area contributed by atoms with E-state index in [2.05, 4.69) is 5.32 Å². The summed E-state index contributed by atoms with van der Waals surface area (Å²) in [7, 11) is 0. The van der Waals surface area contributed by atoms with Crippen LogP contribution in [0.15, 0.2) is 42.5 Å². The SMILES string of the molecule is Cc1cc(C)cc(NC(=O)NC2(C(F)(F)F)Oc3ccccc3O2)c1. The van der Waals surface area contributed by atoms with Gasteiger partial charge in [-0.2, -0.15) is 13.2 Å². The minimum Gasteiger partial charge on any atom is -0.424 e. The fourth-order valence-corrected chi connectivity index (χ4v) is 2.55. The molecule has 3 rings (SSSR count). The molecule has 0 saturated carbocycles. The average molecular weight is 352 g/mol. The Kier molecular flexibility index (Phi) is 3.98. The van der Waals surface area contributed by atoms with Crippen LogP contribution in [0.3, 0.4) is 0 Å². The molecule has 0 fully saturated rings. The van der Waals surface area contributed by atoms with Gasteiger partial charge in [0.05, 0.1) is 0 Å². The molecular formula is C17H15F3N2O3. The number of aryl methyl sites for hydroxylation is 2. The van der Waals surface area contributed by atoms with Gasteiger partial charge in [0.2, 0.25) is 0 Å². The first kappa shape index (κ1) is 16.9. The Hall–Kier alpha value is -2.90. The zero-order chi connectivity index (χ0) is 18.2. The molecule has 2 N–H and O–H groups in total. The number of carbonyl (C=O) groups is 1. The second kappa shape index (κ2) is 5.87. The molecule has 1 aliphatic heterocycles. The first-order valence-electron chi connectivity index (χ1n) is 7.40. The second-order valence-electron chi connectivity index (χ2n) is 5.72. The van der Waals surface area contributed by atoms with Crippen LogP contribution < -0.4 is 20.1 Å². The third kappa shape index (κ3) is 3.33. The Balaban J connectivity index is 1.82. The topological polar surface area (TPSA) is 59.6 Å². The lowest BCUT2D eigenvalue weighted by Gasteiger charge is -2.29. The van der Waals surface area contributed by atoms with Crippen LogP contribution in [0.1, 0.15) is 11.1 Å². The number of para-hydroxylation sites is 2. The van der Waals surface area contributed by atoms with Gasteiger partial charge in [0.1, 0.15) is 0 Å². The van der Waals surface area contributed by atoms with Gasteiger partial charge in [-0.15, -0.1) is 0 Å². The summed E-state index contributed by atoms with van der Waals surface area (Å²) in [5.41, 5.74) is 2.09. The summed E-state index contributed by atoms with van der Waals surface area (Å²) in [5.74, 6) is -3.49. The molecule has 0 spiro atoms. The Morgan fingerprint density at radius 2 is 1.52 bits per heavy atom. The predicted octanol–water partition coefficient (Wildman–Crippen LogP) is 4.11. The maximum atomic E-state index is 13.5. The fourth-order valence-electron chi connectivity index (χ4n) is 2.55. The highest BCUT2D eigenvalue weighted by atomic mass is 19.4. The van der Waals surface area contributed by atoms with Gasteiger partial charge >= 0.3 is 18.1 Å². The first-order chi connectivity index (χ1) is 11.7. The van der Waals surface area contributed by atoms with E-state index in [9.17, 15) is 18.0 Å². The van der Waals surface area contributed by atoms with Crippen LogP contribution in [0, 0.1) is 13.8 Å². The lowest BCUT2D eigenvalue weighted by Crippen LogP contribution is -2.65. The molecule has 5 nitrogen and oxygen atoms in total. The molecule has 0 atom stereocenters. The summed E-state index contributed by atoms with van der Waals surface area (Å²) in [6.45, 7) is 3.63. The van der Waals surface area contributed by atoms with Crippen molar-refractivity contribution in [1.82, 2.24) is 5.32 Å². The molecule has 2 aromatic rings. The molecular weight excluding hydrogens is 337 g/mol. The number of fused-ring (bicyclic) bond motifs is 1. The van der Waals surface area contributed by atoms with Crippen LogP contribution in [-0.4, -0.2) is 18.1 Å². The lowest BCUT2D eigenvalue weighted by atomic mass is 10.1. The van der Waals surface area contributed by atoms with E-state index in [1.807, 2.05) is 19.9 Å². The third-order valence-corrected chi connectivity index (χ3v) is 3.49. The van der Waals surface area contributed by atoms with Gasteiger partial charge in [0, 0.05) is 5.69 Å². The zero-order valence-corrected chi connectivity index (χ0v) is 13.4. The van der Waals surface area contributed by atoms with Gasteiger partial charge in [-0.3, -0.25) is 5.32 Å². The summed E-state index contributed by atoms with van der Waals surface area (Å²) in [6.07, 6.45) is -4.99. The monoisotopic (exact) mass is 352 g/mol. The molecule has 132 valence electrons. The van der Waals surface area contributed by atoms with E-state index >= 15 is 0 Å². The molecule has 0 aliphatic carbocycles. The number of hydrogen-bond donors (Lipinski definition) is 2. The Morgan fingerprint density at radius 1 is 1.00 bits per heavy atom. The molecule has 0 bridgehead atoms. The highest BCUT2D eigenvalue weighted by Gasteiger charge is 2.65. The molecule has 1 aliphatic rings. The molecule has 25 heavy (non-hydrogen) atoms. The molecule has 0 aromatic heterocycles. The maximum Gasteiger partial charge on any atom is 0.492 e. The van der Waals surface area contributed by atoms with E-state index < -0.39 is 18.1 Å². The van der Waals surface area contributed by atoms with Crippen molar-refractivity contribution in [3.05, 3.63) is 53.6 Å². The molecule has 2 amide bonds. The van der Waals surface area contributed by atoms with Crippen LogP contribution in [0.5, 0.6) is 11.5 Å². The molecule has 2 aromatic carbocycles. The summed E-state index contributed by atoms with van der Waals surface area (Å²) in [5, 5.41) is 4.11. The van der Waals surface area contributed by atoms with Gasteiger partial charge in [-0.1, -0.05) is 18.2 Å². The van der Waals surface area contributed by atoms with Crippen molar-refractivity contribution in [1.29, 1.82) is 0 Å². The smallest absolute Gasteiger partial charge is 0.424 e. The molecule has 1 heterocycles. The van der Waals surface area contributed by atoms with Crippen molar-refractivity contribution in [2.24, 2.45) is 0 Å². The molecule has 0 unspecified atom stereocenters. The number of amides is 2.